The van der Waals surface area contributed by atoms with Gasteiger partial charge in [-0.15, -0.1) is 0 Å². The fourth-order valence-electron chi connectivity index (χ4n) is 3.11. The van der Waals surface area contributed by atoms with Gasteiger partial charge in [-0.1, -0.05) is 26.8 Å². The molecule has 2 atom stereocenters. The van der Waals surface area contributed by atoms with Crippen molar-refractivity contribution >= 4 is 11.6 Å². The Kier molecular flexibility index (Phi) is 3.42. The molecule has 3 heteroatoms. The van der Waals surface area contributed by atoms with Crippen LogP contribution in [0.25, 0.3) is 0 Å². The molecule has 0 radical (unpaired) electrons. The van der Waals surface area contributed by atoms with Crippen LogP contribution in [0.3, 0.4) is 0 Å². The van der Waals surface area contributed by atoms with Gasteiger partial charge < -0.3 is 5.73 Å². The monoisotopic (exact) mass is 246 g/mol. The number of hydrogen-bond donors (Lipinski definition) is 1. The van der Waals surface area contributed by atoms with E-state index in [1.165, 1.54) is 0 Å². The zero-order valence-electron chi connectivity index (χ0n) is 11.4. The molecule has 2 N–H and O–H groups in total. The number of nitrogens with zero attached hydrogens (tertiary/aromatic N) is 1. The molecule has 0 saturated heterocycles. The summed E-state index contributed by atoms with van der Waals surface area (Å²) in [6, 6.07) is 3.89. The lowest BCUT2D eigenvalue weighted by Gasteiger charge is -2.38. The number of nitrogens with two attached hydrogens (primary N) is 1. The molecular formula is C15H22N2O. The Morgan fingerprint density at radius 2 is 2.11 bits per heavy atom. The predicted octanol–water partition coefficient (Wildman–Crippen LogP) is 2.95. The number of anilines is 1. The van der Waals surface area contributed by atoms with Crippen molar-refractivity contribution < 1.29 is 4.79 Å². The van der Waals surface area contributed by atoms with Crippen molar-refractivity contribution in [1.29, 1.82) is 0 Å². The second kappa shape index (κ2) is 4.71. The summed E-state index contributed by atoms with van der Waals surface area (Å²) >= 11 is 0. The zero-order chi connectivity index (χ0) is 13.3. The summed E-state index contributed by atoms with van der Waals surface area (Å²) in [4.78, 5) is 16.4. The lowest BCUT2D eigenvalue weighted by atomic mass is 9.65. The number of carbonyl (C=O) groups is 1. The first kappa shape index (κ1) is 13.1. The minimum Gasteiger partial charge on any atom is -0.383 e. The largest absolute Gasteiger partial charge is 0.383 e. The summed E-state index contributed by atoms with van der Waals surface area (Å²) in [5, 5.41) is 0. The van der Waals surface area contributed by atoms with Gasteiger partial charge in [-0.05, 0) is 24.8 Å². The van der Waals surface area contributed by atoms with Crippen LogP contribution in [0.1, 0.15) is 45.6 Å². The molecule has 18 heavy (non-hydrogen) atoms. The number of pyridine rings is 1. The molecule has 1 aromatic heterocycles. The van der Waals surface area contributed by atoms with Crippen molar-refractivity contribution in [2.24, 2.45) is 11.8 Å². The van der Waals surface area contributed by atoms with Gasteiger partial charge in [0.1, 0.15) is 11.6 Å². The van der Waals surface area contributed by atoms with E-state index in [2.05, 4.69) is 25.8 Å². The number of rotatable bonds is 2. The van der Waals surface area contributed by atoms with Crippen LogP contribution in [0.2, 0.25) is 0 Å². The number of aromatic nitrogens is 1. The van der Waals surface area contributed by atoms with Crippen LogP contribution in [0.5, 0.6) is 0 Å². The molecule has 2 rings (SSSR count). The first-order valence-electron chi connectivity index (χ1n) is 6.66. The van der Waals surface area contributed by atoms with E-state index in [-0.39, 0.29) is 11.3 Å². The SMILES string of the molecule is CC1CCC(C(C)(C)c2cccnc2N)C(=O)C1. The molecule has 0 spiro atoms. The van der Waals surface area contributed by atoms with E-state index in [0.29, 0.717) is 23.9 Å². The molecule has 0 aliphatic heterocycles. The lowest BCUT2D eigenvalue weighted by molar-refractivity contribution is -0.128. The topological polar surface area (TPSA) is 56.0 Å². The second-order valence-corrected chi connectivity index (χ2v) is 6.06. The van der Waals surface area contributed by atoms with Gasteiger partial charge >= 0.3 is 0 Å². The van der Waals surface area contributed by atoms with Crippen molar-refractivity contribution in [3.63, 3.8) is 0 Å². The van der Waals surface area contributed by atoms with Crippen LogP contribution in [-0.4, -0.2) is 10.8 Å². The molecular weight excluding hydrogens is 224 g/mol. The molecule has 2 unspecified atom stereocenters. The maximum Gasteiger partial charge on any atom is 0.137 e. The highest BCUT2D eigenvalue weighted by atomic mass is 16.1. The van der Waals surface area contributed by atoms with Crippen LogP contribution < -0.4 is 5.73 Å². The molecule has 1 aliphatic carbocycles. The third-order valence-electron chi connectivity index (χ3n) is 4.29. The van der Waals surface area contributed by atoms with Gasteiger partial charge in [-0.2, -0.15) is 0 Å². The first-order valence-corrected chi connectivity index (χ1v) is 6.66. The summed E-state index contributed by atoms with van der Waals surface area (Å²) < 4.78 is 0. The predicted molar refractivity (Wildman–Crippen MR) is 73.2 cm³/mol. The van der Waals surface area contributed by atoms with Crippen molar-refractivity contribution in [3.8, 4) is 0 Å². The Morgan fingerprint density at radius 1 is 1.39 bits per heavy atom. The van der Waals surface area contributed by atoms with E-state index < -0.39 is 0 Å². The third kappa shape index (κ3) is 2.26. The summed E-state index contributed by atoms with van der Waals surface area (Å²) in [5.41, 5.74) is 6.74. The maximum atomic E-state index is 12.3. The van der Waals surface area contributed by atoms with E-state index in [9.17, 15) is 4.79 Å². The van der Waals surface area contributed by atoms with E-state index in [1.807, 2.05) is 12.1 Å². The molecule has 98 valence electrons. The van der Waals surface area contributed by atoms with Gasteiger partial charge in [-0.25, -0.2) is 4.98 Å². The minimum atomic E-state index is -0.227. The van der Waals surface area contributed by atoms with Gasteiger partial charge in [-0.3, -0.25) is 4.79 Å². The second-order valence-electron chi connectivity index (χ2n) is 6.06. The number of hydrogen-bond acceptors (Lipinski definition) is 3. The third-order valence-corrected chi connectivity index (χ3v) is 4.29. The molecule has 1 aromatic rings. The van der Waals surface area contributed by atoms with Crippen LogP contribution >= 0.6 is 0 Å². The zero-order valence-corrected chi connectivity index (χ0v) is 11.4. The van der Waals surface area contributed by atoms with Crippen molar-refractivity contribution in [2.45, 2.75) is 45.4 Å². The summed E-state index contributed by atoms with van der Waals surface area (Å²) in [5.74, 6) is 1.52. The number of Topliss-reactive ketones (excluding diaryl/α,β-unsaturated/α-hetero) is 1. The summed E-state index contributed by atoms with van der Waals surface area (Å²) in [6.45, 7) is 6.37. The van der Waals surface area contributed by atoms with Gasteiger partial charge in [0, 0.05) is 29.5 Å². The van der Waals surface area contributed by atoms with E-state index in [1.54, 1.807) is 6.20 Å². The molecule has 1 aliphatic rings. The highest BCUT2D eigenvalue weighted by molar-refractivity contribution is 5.83. The average molecular weight is 246 g/mol. The normalized spacial score (nSPS) is 25.2. The molecule has 3 nitrogen and oxygen atoms in total. The molecule has 1 heterocycles. The number of ketones is 1. The van der Waals surface area contributed by atoms with Gasteiger partial charge in [0.25, 0.3) is 0 Å². The van der Waals surface area contributed by atoms with Gasteiger partial charge in [0.2, 0.25) is 0 Å². The highest BCUT2D eigenvalue weighted by Crippen LogP contribution is 2.41. The first-order chi connectivity index (χ1) is 8.43. The van der Waals surface area contributed by atoms with Crippen molar-refractivity contribution in [3.05, 3.63) is 23.9 Å². The Hall–Kier alpha value is -1.38. The molecule has 0 bridgehead atoms. The maximum absolute atomic E-state index is 12.3. The highest BCUT2D eigenvalue weighted by Gasteiger charge is 2.40. The molecule has 1 saturated carbocycles. The quantitative estimate of drug-likeness (QED) is 0.872. The lowest BCUT2D eigenvalue weighted by Crippen LogP contribution is -2.39. The van der Waals surface area contributed by atoms with Gasteiger partial charge in [0.05, 0.1) is 0 Å². The Balaban J connectivity index is 2.31. The van der Waals surface area contributed by atoms with E-state index in [0.717, 1.165) is 18.4 Å². The van der Waals surface area contributed by atoms with Crippen molar-refractivity contribution in [1.82, 2.24) is 4.98 Å². The molecule has 0 aromatic carbocycles. The minimum absolute atomic E-state index is 0.0696. The summed E-state index contributed by atoms with van der Waals surface area (Å²) in [7, 11) is 0. The van der Waals surface area contributed by atoms with Crippen molar-refractivity contribution in [2.75, 3.05) is 5.73 Å². The number of carbonyl (C=O) groups excluding carboxylic acids is 1. The van der Waals surface area contributed by atoms with Crippen LogP contribution in [-0.2, 0) is 10.2 Å². The molecule has 1 fully saturated rings. The fraction of sp³-hybridized carbons (Fsp3) is 0.600. The number of nitrogen functional groups attached to an aromatic ring is 1. The standard InChI is InChI=1S/C15H22N2O/c1-10-6-7-11(13(18)9-10)15(2,3)12-5-4-8-17-14(12)16/h4-5,8,10-11H,6-7,9H2,1-3H3,(H2,16,17). The Labute approximate surface area is 109 Å². The van der Waals surface area contributed by atoms with Crippen LogP contribution in [0, 0.1) is 11.8 Å². The van der Waals surface area contributed by atoms with Gasteiger partial charge in [0.15, 0.2) is 0 Å². The molecule has 0 amide bonds. The fourth-order valence-corrected chi connectivity index (χ4v) is 3.11. The van der Waals surface area contributed by atoms with Crippen LogP contribution in [0.15, 0.2) is 18.3 Å². The van der Waals surface area contributed by atoms with E-state index in [4.69, 9.17) is 5.73 Å². The van der Waals surface area contributed by atoms with E-state index >= 15 is 0 Å². The Morgan fingerprint density at radius 3 is 2.72 bits per heavy atom. The Bertz CT molecular complexity index is 454. The average Bonchev–Trinajstić information content (AvgIpc) is 2.28. The van der Waals surface area contributed by atoms with Crippen LogP contribution in [0.4, 0.5) is 5.82 Å². The summed E-state index contributed by atoms with van der Waals surface area (Å²) in [6.07, 6.45) is 4.48. The smallest absolute Gasteiger partial charge is 0.137 e.